The molecule has 2 N–H and O–H groups in total. The second-order valence-electron chi connectivity index (χ2n) is 3.29. The van der Waals surface area contributed by atoms with Gasteiger partial charge >= 0.3 is 5.69 Å². The predicted molar refractivity (Wildman–Crippen MR) is 55.7 cm³/mol. The number of nitro groups is 1. The first-order chi connectivity index (χ1) is 7.47. The number of nitro benzene ring substituents is 1. The van der Waals surface area contributed by atoms with Crippen LogP contribution in [0.2, 0.25) is 0 Å². The highest BCUT2D eigenvalue weighted by Gasteiger charge is 2.20. The van der Waals surface area contributed by atoms with Crippen molar-refractivity contribution in [2.75, 3.05) is 0 Å². The van der Waals surface area contributed by atoms with Crippen molar-refractivity contribution in [3.05, 3.63) is 27.8 Å². The van der Waals surface area contributed by atoms with E-state index in [1.165, 1.54) is 0 Å². The monoisotopic (exact) mass is 225 g/mol. The molecule has 0 spiro atoms. The third-order valence-electron chi connectivity index (χ3n) is 2.07. The number of nitrogens with zero attached hydrogens (tertiary/aromatic N) is 1. The second kappa shape index (κ2) is 4.61. The van der Waals surface area contributed by atoms with Crippen molar-refractivity contribution < 1.29 is 19.9 Å². The first-order valence-corrected chi connectivity index (χ1v) is 4.71. The van der Waals surface area contributed by atoms with Crippen LogP contribution in [-0.2, 0) is 0 Å². The van der Waals surface area contributed by atoms with Gasteiger partial charge in [-0.05, 0) is 12.5 Å². The molecule has 0 aliphatic heterocycles. The fraction of sp³-hybridized carbons (Fsp3) is 0.300. The molecule has 0 saturated heterocycles. The normalized spacial score (nSPS) is 10.1. The molecule has 86 valence electrons. The Morgan fingerprint density at radius 1 is 1.44 bits per heavy atom. The van der Waals surface area contributed by atoms with Gasteiger partial charge in [0, 0.05) is 18.1 Å². The van der Waals surface area contributed by atoms with E-state index in [0.29, 0.717) is 6.42 Å². The van der Waals surface area contributed by atoms with E-state index in [2.05, 4.69) is 0 Å². The summed E-state index contributed by atoms with van der Waals surface area (Å²) < 4.78 is 0. The molecule has 0 aliphatic rings. The second-order valence-corrected chi connectivity index (χ2v) is 3.29. The highest BCUT2D eigenvalue weighted by atomic mass is 16.6. The molecule has 6 heteroatoms. The highest BCUT2D eigenvalue weighted by Crippen LogP contribution is 2.36. The highest BCUT2D eigenvalue weighted by molar-refractivity contribution is 5.97. The van der Waals surface area contributed by atoms with E-state index in [-0.39, 0.29) is 17.8 Å². The summed E-state index contributed by atoms with van der Waals surface area (Å²) in [6.07, 6.45) is 0.843. The lowest BCUT2D eigenvalue weighted by Gasteiger charge is -2.03. The lowest BCUT2D eigenvalue weighted by molar-refractivity contribution is -0.386. The number of benzene rings is 1. The molecule has 1 aromatic carbocycles. The van der Waals surface area contributed by atoms with Crippen molar-refractivity contribution in [2.45, 2.75) is 19.8 Å². The van der Waals surface area contributed by atoms with Crippen LogP contribution in [0.25, 0.3) is 0 Å². The first-order valence-electron chi connectivity index (χ1n) is 4.71. The van der Waals surface area contributed by atoms with Gasteiger partial charge in [-0.3, -0.25) is 14.9 Å². The maximum Gasteiger partial charge on any atom is 0.315 e. The predicted octanol–water partition coefficient (Wildman–Crippen LogP) is 1.99. The summed E-state index contributed by atoms with van der Waals surface area (Å²) in [6.45, 7) is 1.80. The maximum absolute atomic E-state index is 11.5. The molecule has 0 amide bonds. The molecule has 0 radical (unpaired) electrons. The number of hydrogen-bond donors (Lipinski definition) is 2. The first kappa shape index (κ1) is 12.0. The SMILES string of the molecule is CCCC(=O)c1cc(O)c(O)c([N+](=O)[O-])c1. The Morgan fingerprint density at radius 3 is 2.56 bits per heavy atom. The fourth-order valence-electron chi connectivity index (χ4n) is 1.28. The standard InChI is InChI=1S/C10H11NO5/c1-2-3-8(12)6-4-7(11(15)16)10(14)9(13)5-6/h4-5,13-14H,2-3H2,1H3. The Morgan fingerprint density at radius 2 is 2.06 bits per heavy atom. The zero-order valence-electron chi connectivity index (χ0n) is 8.64. The average molecular weight is 225 g/mol. The van der Waals surface area contributed by atoms with Crippen LogP contribution in [0.15, 0.2) is 12.1 Å². The van der Waals surface area contributed by atoms with Crippen molar-refractivity contribution in [1.82, 2.24) is 0 Å². The van der Waals surface area contributed by atoms with Gasteiger partial charge in [0.05, 0.1) is 4.92 Å². The van der Waals surface area contributed by atoms with Gasteiger partial charge in [0.15, 0.2) is 11.5 Å². The van der Waals surface area contributed by atoms with Crippen LogP contribution in [0.3, 0.4) is 0 Å². The molecule has 0 atom stereocenters. The summed E-state index contributed by atoms with van der Waals surface area (Å²) in [4.78, 5) is 21.1. The number of carbonyl (C=O) groups is 1. The smallest absolute Gasteiger partial charge is 0.315 e. The Balaban J connectivity index is 3.24. The zero-order valence-corrected chi connectivity index (χ0v) is 8.64. The summed E-state index contributed by atoms with van der Waals surface area (Å²) in [5.74, 6) is -1.78. The van der Waals surface area contributed by atoms with Crippen molar-refractivity contribution in [2.24, 2.45) is 0 Å². The molecule has 16 heavy (non-hydrogen) atoms. The van der Waals surface area contributed by atoms with Gasteiger partial charge in [-0.2, -0.15) is 0 Å². The zero-order chi connectivity index (χ0) is 12.3. The lowest BCUT2D eigenvalue weighted by Crippen LogP contribution is -2.00. The van der Waals surface area contributed by atoms with Gasteiger partial charge in [0.1, 0.15) is 0 Å². The average Bonchev–Trinajstić information content (AvgIpc) is 2.21. The molecule has 1 aromatic rings. The summed E-state index contributed by atoms with van der Waals surface area (Å²) >= 11 is 0. The topological polar surface area (TPSA) is 101 Å². The molecule has 0 unspecified atom stereocenters. The Labute approximate surface area is 91.3 Å². The Hall–Kier alpha value is -2.11. The van der Waals surface area contributed by atoms with Gasteiger partial charge in [0.25, 0.3) is 0 Å². The molecule has 0 aromatic heterocycles. The quantitative estimate of drug-likeness (QED) is 0.353. The van der Waals surface area contributed by atoms with E-state index in [4.69, 9.17) is 0 Å². The number of carbonyl (C=O) groups excluding carboxylic acids is 1. The van der Waals surface area contributed by atoms with E-state index in [1.54, 1.807) is 6.92 Å². The van der Waals surface area contributed by atoms with Gasteiger partial charge < -0.3 is 10.2 Å². The molecule has 0 bridgehead atoms. The molecular formula is C10H11NO5. The minimum atomic E-state index is -0.849. The number of aromatic hydroxyl groups is 2. The number of phenolic OH excluding ortho intramolecular Hbond substituents is 2. The maximum atomic E-state index is 11.5. The van der Waals surface area contributed by atoms with Gasteiger partial charge in [-0.1, -0.05) is 6.92 Å². The number of Topliss-reactive ketones (excluding diaryl/α,β-unsaturated/α-hetero) is 1. The van der Waals surface area contributed by atoms with Gasteiger partial charge in [0.2, 0.25) is 5.75 Å². The van der Waals surface area contributed by atoms with E-state index >= 15 is 0 Å². The lowest BCUT2D eigenvalue weighted by atomic mass is 10.1. The van der Waals surface area contributed by atoms with E-state index in [0.717, 1.165) is 12.1 Å². The largest absolute Gasteiger partial charge is 0.504 e. The summed E-state index contributed by atoms with van der Waals surface area (Å²) in [5.41, 5.74) is -0.636. The molecule has 1 rings (SSSR count). The minimum Gasteiger partial charge on any atom is -0.504 e. The molecular weight excluding hydrogens is 214 g/mol. The van der Waals surface area contributed by atoms with Crippen molar-refractivity contribution >= 4 is 11.5 Å². The third-order valence-corrected chi connectivity index (χ3v) is 2.07. The van der Waals surface area contributed by atoms with Gasteiger partial charge in [-0.15, -0.1) is 0 Å². The molecule has 0 saturated carbocycles. The van der Waals surface area contributed by atoms with Crippen LogP contribution < -0.4 is 0 Å². The minimum absolute atomic E-state index is 0.0313. The number of hydrogen-bond acceptors (Lipinski definition) is 5. The van der Waals surface area contributed by atoms with Gasteiger partial charge in [-0.25, -0.2) is 0 Å². The van der Waals surface area contributed by atoms with Crippen LogP contribution in [0.5, 0.6) is 11.5 Å². The van der Waals surface area contributed by atoms with Crippen molar-refractivity contribution in [3.63, 3.8) is 0 Å². The van der Waals surface area contributed by atoms with Crippen LogP contribution in [0, 0.1) is 10.1 Å². The van der Waals surface area contributed by atoms with Crippen LogP contribution in [0.1, 0.15) is 30.1 Å². The number of phenols is 2. The molecule has 0 aliphatic carbocycles. The Kier molecular flexibility index (Phi) is 3.44. The molecule has 0 heterocycles. The summed E-state index contributed by atoms with van der Waals surface area (Å²) in [5, 5.41) is 29.0. The van der Waals surface area contributed by atoms with Crippen molar-refractivity contribution in [1.29, 1.82) is 0 Å². The van der Waals surface area contributed by atoms with E-state index in [1.807, 2.05) is 0 Å². The van der Waals surface area contributed by atoms with Crippen LogP contribution in [0.4, 0.5) is 5.69 Å². The van der Waals surface area contributed by atoms with E-state index < -0.39 is 22.1 Å². The number of ketones is 1. The van der Waals surface area contributed by atoms with E-state index in [9.17, 15) is 25.1 Å². The third kappa shape index (κ3) is 2.28. The molecule has 6 nitrogen and oxygen atoms in total. The van der Waals surface area contributed by atoms with Crippen molar-refractivity contribution in [3.8, 4) is 11.5 Å². The van der Waals surface area contributed by atoms with Crippen LogP contribution in [-0.4, -0.2) is 20.9 Å². The summed E-state index contributed by atoms with van der Waals surface area (Å²) in [6, 6.07) is 1.99. The van der Waals surface area contributed by atoms with Crippen LogP contribution >= 0.6 is 0 Å². The number of rotatable bonds is 4. The molecule has 0 fully saturated rings. The Bertz CT molecular complexity index is 441. The fourth-order valence-corrected chi connectivity index (χ4v) is 1.28. The summed E-state index contributed by atoms with van der Waals surface area (Å²) in [7, 11) is 0.